The van der Waals surface area contributed by atoms with Crippen LogP contribution in [0.3, 0.4) is 0 Å². The number of hydrogen-bond donors (Lipinski definition) is 8. The highest BCUT2D eigenvalue weighted by molar-refractivity contribution is 7.61. The van der Waals surface area contributed by atoms with E-state index < -0.39 is 89.2 Å². The number of nitrogens with zero attached hydrogens (tertiary/aromatic N) is 1. The molecule has 200 valence electrons. The van der Waals surface area contributed by atoms with E-state index in [-0.39, 0.29) is 6.42 Å². The summed E-state index contributed by atoms with van der Waals surface area (Å²) in [6.07, 6.45) is -12.3. The van der Waals surface area contributed by atoms with E-state index in [9.17, 15) is 48.9 Å². The summed E-state index contributed by atoms with van der Waals surface area (Å²) >= 11 is 0. The van der Waals surface area contributed by atoms with E-state index in [4.69, 9.17) is 14.6 Å². The van der Waals surface area contributed by atoms with Crippen molar-refractivity contribution in [2.45, 2.75) is 55.6 Å². The fraction of sp³-hybridized carbons (Fsp3) is 0.733. The van der Waals surface area contributed by atoms with Crippen LogP contribution >= 0.6 is 15.6 Å². The van der Waals surface area contributed by atoms with E-state index in [0.29, 0.717) is 0 Å². The van der Waals surface area contributed by atoms with Gasteiger partial charge in [0.05, 0.1) is 19.3 Å². The van der Waals surface area contributed by atoms with Crippen molar-refractivity contribution in [2.75, 3.05) is 13.2 Å². The highest BCUT2D eigenvalue weighted by atomic mass is 31.3. The van der Waals surface area contributed by atoms with Crippen molar-refractivity contribution in [2.24, 2.45) is 0 Å². The minimum Gasteiger partial charge on any atom is -0.394 e. The van der Waals surface area contributed by atoms with Crippen molar-refractivity contribution in [3.05, 3.63) is 33.1 Å². The molecule has 2 saturated heterocycles. The average Bonchev–Trinajstić information content (AvgIpc) is 3.12. The third-order valence-electron chi connectivity index (χ3n) is 5.06. The first-order valence-electron chi connectivity index (χ1n) is 9.88. The fourth-order valence-corrected chi connectivity index (χ4v) is 5.47. The molecule has 2 aliphatic rings. The largest absolute Gasteiger partial charge is 0.483 e. The number of aromatic nitrogens is 2. The molecule has 0 amide bonds. The summed E-state index contributed by atoms with van der Waals surface area (Å²) in [4.78, 5) is 44.5. The molecule has 35 heavy (non-hydrogen) atoms. The normalized spacial score (nSPS) is 37.0. The molecule has 3 rings (SSSR count). The Bertz CT molecular complexity index is 1090. The summed E-state index contributed by atoms with van der Waals surface area (Å²) in [6, 6.07) is 1.03. The highest BCUT2D eigenvalue weighted by Crippen LogP contribution is 2.61. The van der Waals surface area contributed by atoms with Crippen LogP contribution in [0.15, 0.2) is 21.9 Å². The first-order chi connectivity index (χ1) is 16.2. The number of hydrogen-bond acceptors (Lipinski definition) is 14. The average molecular weight is 550 g/mol. The molecule has 8 N–H and O–H groups in total. The molecule has 0 radical (unpaired) electrons. The van der Waals surface area contributed by atoms with Crippen LogP contribution in [0.25, 0.3) is 0 Å². The Hall–Kier alpha value is -1.34. The quantitative estimate of drug-likeness (QED) is 0.137. The summed E-state index contributed by atoms with van der Waals surface area (Å²) < 4.78 is 48.5. The van der Waals surface area contributed by atoms with Crippen LogP contribution in [-0.2, 0) is 32.0 Å². The van der Waals surface area contributed by atoms with Crippen LogP contribution < -0.4 is 11.2 Å². The number of aliphatic hydroxyl groups is 5. The van der Waals surface area contributed by atoms with E-state index in [1.54, 1.807) is 0 Å². The predicted molar refractivity (Wildman–Crippen MR) is 107 cm³/mol. The summed E-state index contributed by atoms with van der Waals surface area (Å²) in [7, 11) is -10.9. The number of H-pyrrole nitrogens is 1. The van der Waals surface area contributed by atoms with Gasteiger partial charge >= 0.3 is 21.3 Å². The van der Waals surface area contributed by atoms with Crippen molar-refractivity contribution >= 4 is 15.6 Å². The van der Waals surface area contributed by atoms with Crippen LogP contribution in [0.4, 0.5) is 0 Å². The molecule has 0 saturated carbocycles. The molecule has 0 bridgehead atoms. The molecule has 10 atom stereocenters. The molecule has 0 aromatic carbocycles. The Morgan fingerprint density at radius 1 is 1.03 bits per heavy atom. The van der Waals surface area contributed by atoms with Gasteiger partial charge in [-0.3, -0.25) is 23.4 Å². The molecule has 2 aliphatic heterocycles. The van der Waals surface area contributed by atoms with Crippen molar-refractivity contribution in [3.8, 4) is 0 Å². The minimum absolute atomic E-state index is 0.171. The van der Waals surface area contributed by atoms with E-state index in [1.165, 1.54) is 0 Å². The lowest BCUT2D eigenvalue weighted by Gasteiger charge is -2.39. The minimum atomic E-state index is -5.53. The maximum Gasteiger partial charge on any atom is 0.483 e. The molecule has 2 fully saturated rings. The Morgan fingerprint density at radius 2 is 1.71 bits per heavy atom. The van der Waals surface area contributed by atoms with Crippen LogP contribution in [0.5, 0.6) is 0 Å². The topological polar surface area (TPSA) is 277 Å². The van der Waals surface area contributed by atoms with Crippen molar-refractivity contribution < 1.29 is 67.3 Å². The molecule has 18 nitrogen and oxygen atoms in total. The first kappa shape index (κ1) is 28.2. The van der Waals surface area contributed by atoms with Crippen molar-refractivity contribution in [3.63, 3.8) is 0 Å². The van der Waals surface area contributed by atoms with Gasteiger partial charge in [0.15, 0.2) is 6.29 Å². The summed E-state index contributed by atoms with van der Waals surface area (Å²) in [5, 5.41) is 48.4. The molecule has 1 aromatic rings. The third kappa shape index (κ3) is 6.91. The molecule has 0 spiro atoms. The lowest BCUT2D eigenvalue weighted by Crippen LogP contribution is -2.58. The van der Waals surface area contributed by atoms with Crippen molar-refractivity contribution in [1.29, 1.82) is 0 Å². The fourth-order valence-electron chi connectivity index (χ4n) is 3.32. The van der Waals surface area contributed by atoms with Crippen LogP contribution in [0.1, 0.15) is 12.6 Å². The van der Waals surface area contributed by atoms with Gasteiger partial charge in [-0.25, -0.2) is 13.9 Å². The molecule has 20 heteroatoms. The molecule has 3 heterocycles. The molecule has 1 aromatic heterocycles. The number of phosphoric ester groups is 2. The van der Waals surface area contributed by atoms with E-state index in [1.807, 2.05) is 4.98 Å². The van der Waals surface area contributed by atoms with Gasteiger partial charge in [-0.05, 0) is 0 Å². The Morgan fingerprint density at radius 3 is 2.34 bits per heavy atom. The monoisotopic (exact) mass is 550 g/mol. The molecular weight excluding hydrogens is 526 g/mol. The van der Waals surface area contributed by atoms with Crippen LogP contribution in [-0.4, -0.2) is 101 Å². The first-order valence-corrected chi connectivity index (χ1v) is 12.9. The molecular formula is C15H24N2O16P2. The second-order valence-corrected chi connectivity index (χ2v) is 10.6. The van der Waals surface area contributed by atoms with Gasteiger partial charge in [0.1, 0.15) is 36.7 Å². The standard InChI is InChI=1S/C15H24N2O16P2/c18-4-7-11(21)12(22)13(23)14(31-7)32-35(27,28)33-34(25,26)29-5-8-6(19)3-10(30-8)17-2-1-9(20)16-15(17)24/h1-2,6-8,10-14,18-19,21-23H,3-5H2,(H,25,26)(H,27,28)(H,16,20,24)/t6-,7?,8+,10?,11?,12?,13?,14?/m0/s1. The maximum atomic E-state index is 12.1. The molecule has 8 unspecified atom stereocenters. The predicted octanol–water partition coefficient (Wildman–Crippen LogP) is -3.76. The third-order valence-corrected chi connectivity index (χ3v) is 7.66. The summed E-state index contributed by atoms with van der Waals surface area (Å²) in [5.41, 5.74) is -1.50. The zero-order valence-electron chi connectivity index (χ0n) is 17.5. The number of phosphoric acid groups is 2. The smallest absolute Gasteiger partial charge is 0.394 e. The van der Waals surface area contributed by atoms with Gasteiger partial charge in [-0.15, -0.1) is 0 Å². The SMILES string of the molecule is O=c1ccn(C2C[C@H](O)[C@@H](COP(=O)(O)OP(=O)(O)OC3OC(CO)C(O)C(O)C3O)O2)c(=O)[nH]1. The summed E-state index contributed by atoms with van der Waals surface area (Å²) in [6.45, 7) is -1.73. The zero-order valence-corrected chi connectivity index (χ0v) is 19.3. The Labute approximate surface area is 195 Å². The van der Waals surface area contributed by atoms with Crippen LogP contribution in [0, 0.1) is 0 Å². The van der Waals surface area contributed by atoms with E-state index >= 15 is 0 Å². The number of ether oxygens (including phenoxy) is 2. The van der Waals surface area contributed by atoms with E-state index in [2.05, 4.69) is 13.4 Å². The maximum absolute atomic E-state index is 12.1. The lowest BCUT2D eigenvalue weighted by atomic mass is 10.00. The van der Waals surface area contributed by atoms with Crippen molar-refractivity contribution in [1.82, 2.24) is 9.55 Å². The highest BCUT2D eigenvalue weighted by Gasteiger charge is 2.48. The lowest BCUT2D eigenvalue weighted by molar-refractivity contribution is -0.280. The van der Waals surface area contributed by atoms with Gasteiger partial charge in [0, 0.05) is 18.7 Å². The van der Waals surface area contributed by atoms with Crippen LogP contribution in [0.2, 0.25) is 0 Å². The van der Waals surface area contributed by atoms with E-state index in [0.717, 1.165) is 16.8 Å². The number of rotatable bonds is 9. The van der Waals surface area contributed by atoms with Gasteiger partial charge < -0.3 is 44.8 Å². The number of nitrogens with one attached hydrogen (secondary N) is 1. The molecule has 0 aliphatic carbocycles. The van der Waals surface area contributed by atoms with Gasteiger partial charge in [-0.1, -0.05) is 0 Å². The zero-order chi connectivity index (χ0) is 26.1. The number of aromatic amines is 1. The van der Waals surface area contributed by atoms with Gasteiger partial charge in [0.2, 0.25) is 0 Å². The number of aliphatic hydroxyl groups excluding tert-OH is 5. The Balaban J connectivity index is 1.58. The second-order valence-electron chi connectivity index (χ2n) is 7.57. The van der Waals surface area contributed by atoms with Gasteiger partial charge in [0.25, 0.3) is 5.56 Å². The second kappa shape index (κ2) is 11.0. The van der Waals surface area contributed by atoms with Gasteiger partial charge in [-0.2, -0.15) is 4.31 Å². The Kier molecular flexibility index (Phi) is 8.84. The summed E-state index contributed by atoms with van der Waals surface area (Å²) in [5.74, 6) is 0.